The van der Waals surface area contributed by atoms with Gasteiger partial charge in [0.2, 0.25) is 5.95 Å². The molecule has 1 atom stereocenters. The number of para-hydroxylation sites is 1. The van der Waals surface area contributed by atoms with Crippen molar-refractivity contribution in [1.82, 2.24) is 9.97 Å². The quantitative estimate of drug-likeness (QED) is 0.745. The van der Waals surface area contributed by atoms with Gasteiger partial charge in [0.05, 0.1) is 24.1 Å². The number of nitrogens with zero attached hydrogens (tertiary/aromatic N) is 2. The number of aryl methyl sites for hydroxylation is 1. The number of ether oxygens (including phenoxy) is 1. The SMILES string of the molecule is COc1ccc([C@H]2CC(=O)c3c(C)nc(Nc4ccccc4)nc3C2)cc1. The van der Waals surface area contributed by atoms with E-state index in [9.17, 15) is 4.79 Å². The summed E-state index contributed by atoms with van der Waals surface area (Å²) in [5.74, 6) is 1.57. The van der Waals surface area contributed by atoms with E-state index in [0.29, 0.717) is 17.9 Å². The molecule has 0 unspecified atom stereocenters. The summed E-state index contributed by atoms with van der Waals surface area (Å²) in [6.07, 6.45) is 1.20. The lowest BCUT2D eigenvalue weighted by Crippen LogP contribution is -2.22. The third kappa shape index (κ3) is 3.53. The predicted octanol–water partition coefficient (Wildman–Crippen LogP) is 4.45. The first-order valence-corrected chi connectivity index (χ1v) is 9.01. The van der Waals surface area contributed by atoms with Crippen molar-refractivity contribution >= 4 is 17.4 Å². The molecule has 27 heavy (non-hydrogen) atoms. The van der Waals surface area contributed by atoms with E-state index in [1.807, 2.05) is 61.5 Å². The number of hydrogen-bond acceptors (Lipinski definition) is 5. The molecule has 1 heterocycles. The Morgan fingerprint density at radius 3 is 2.44 bits per heavy atom. The molecule has 3 aromatic rings. The summed E-state index contributed by atoms with van der Waals surface area (Å²) < 4.78 is 5.23. The molecule has 5 heteroatoms. The highest BCUT2D eigenvalue weighted by atomic mass is 16.5. The largest absolute Gasteiger partial charge is 0.497 e. The number of ketones is 1. The maximum absolute atomic E-state index is 12.8. The zero-order chi connectivity index (χ0) is 18.8. The van der Waals surface area contributed by atoms with Gasteiger partial charge in [-0.1, -0.05) is 30.3 Å². The Morgan fingerprint density at radius 1 is 1.00 bits per heavy atom. The Hall–Kier alpha value is -3.21. The minimum absolute atomic E-state index is 0.112. The predicted molar refractivity (Wildman–Crippen MR) is 105 cm³/mol. The van der Waals surface area contributed by atoms with Crippen molar-refractivity contribution < 1.29 is 9.53 Å². The second-order valence-electron chi connectivity index (χ2n) is 6.75. The number of carbonyl (C=O) groups excluding carboxylic acids is 1. The monoisotopic (exact) mass is 359 g/mol. The number of fused-ring (bicyclic) bond motifs is 1. The molecule has 1 N–H and O–H groups in total. The van der Waals surface area contributed by atoms with Crippen LogP contribution in [0.25, 0.3) is 0 Å². The van der Waals surface area contributed by atoms with Crippen molar-refractivity contribution in [2.45, 2.75) is 25.7 Å². The van der Waals surface area contributed by atoms with Crippen molar-refractivity contribution in [2.24, 2.45) is 0 Å². The normalized spacial score (nSPS) is 15.9. The zero-order valence-electron chi connectivity index (χ0n) is 15.4. The number of carbonyl (C=O) groups is 1. The van der Waals surface area contributed by atoms with Gasteiger partial charge in [0.1, 0.15) is 5.75 Å². The Kier molecular flexibility index (Phi) is 4.59. The van der Waals surface area contributed by atoms with Crippen LogP contribution in [0.3, 0.4) is 0 Å². The summed E-state index contributed by atoms with van der Waals surface area (Å²) in [5.41, 5.74) is 4.28. The van der Waals surface area contributed by atoms with Gasteiger partial charge in [-0.25, -0.2) is 9.97 Å². The van der Waals surface area contributed by atoms with E-state index in [4.69, 9.17) is 4.74 Å². The van der Waals surface area contributed by atoms with E-state index in [0.717, 1.165) is 34.8 Å². The standard InChI is InChI=1S/C22H21N3O2/c1-14-21-19(25-22(23-14)24-17-6-4-3-5-7-17)12-16(13-20(21)26)15-8-10-18(27-2)11-9-15/h3-11,16H,12-13H2,1-2H3,(H,23,24,25)/t16-/m1/s1. The van der Waals surface area contributed by atoms with E-state index in [-0.39, 0.29) is 11.7 Å². The van der Waals surface area contributed by atoms with Gasteiger partial charge in [0.25, 0.3) is 0 Å². The van der Waals surface area contributed by atoms with E-state index in [1.165, 1.54) is 0 Å². The molecule has 4 rings (SSSR count). The topological polar surface area (TPSA) is 64.1 Å². The highest BCUT2D eigenvalue weighted by Crippen LogP contribution is 2.34. The first-order chi connectivity index (χ1) is 13.1. The Balaban J connectivity index is 1.64. The lowest BCUT2D eigenvalue weighted by molar-refractivity contribution is 0.0962. The summed E-state index contributed by atoms with van der Waals surface area (Å²) >= 11 is 0. The summed E-state index contributed by atoms with van der Waals surface area (Å²) in [7, 11) is 1.65. The molecule has 1 aliphatic rings. The molecular formula is C22H21N3O2. The fraction of sp³-hybridized carbons (Fsp3) is 0.227. The molecular weight excluding hydrogens is 338 g/mol. The van der Waals surface area contributed by atoms with Gasteiger partial charge in [-0.05, 0) is 49.1 Å². The number of aromatic nitrogens is 2. The maximum atomic E-state index is 12.8. The number of methoxy groups -OCH3 is 1. The van der Waals surface area contributed by atoms with E-state index in [1.54, 1.807) is 7.11 Å². The highest BCUT2D eigenvalue weighted by molar-refractivity contribution is 5.99. The number of benzene rings is 2. The van der Waals surface area contributed by atoms with E-state index in [2.05, 4.69) is 15.3 Å². The van der Waals surface area contributed by atoms with Crippen LogP contribution in [-0.4, -0.2) is 22.9 Å². The van der Waals surface area contributed by atoms with Crippen molar-refractivity contribution in [3.05, 3.63) is 77.1 Å². The molecule has 1 aliphatic carbocycles. The molecule has 1 aromatic heterocycles. The average Bonchev–Trinajstić information content (AvgIpc) is 2.68. The summed E-state index contributed by atoms with van der Waals surface area (Å²) in [6.45, 7) is 1.88. The molecule has 0 bridgehead atoms. The van der Waals surface area contributed by atoms with Crippen molar-refractivity contribution in [1.29, 1.82) is 0 Å². The minimum Gasteiger partial charge on any atom is -0.497 e. The van der Waals surface area contributed by atoms with Gasteiger partial charge in [-0.15, -0.1) is 0 Å². The minimum atomic E-state index is 0.112. The molecule has 136 valence electrons. The first kappa shape index (κ1) is 17.2. The molecule has 0 fully saturated rings. The van der Waals surface area contributed by atoms with Crippen LogP contribution >= 0.6 is 0 Å². The third-order valence-electron chi connectivity index (χ3n) is 4.93. The molecule has 0 radical (unpaired) electrons. The molecule has 0 aliphatic heterocycles. The van der Waals surface area contributed by atoms with Crippen LogP contribution in [-0.2, 0) is 6.42 Å². The van der Waals surface area contributed by atoms with E-state index < -0.39 is 0 Å². The molecule has 0 spiro atoms. The molecule has 5 nitrogen and oxygen atoms in total. The van der Waals surface area contributed by atoms with Gasteiger partial charge in [0, 0.05) is 12.1 Å². The molecule has 0 saturated carbocycles. The van der Waals surface area contributed by atoms with Crippen LogP contribution in [0.15, 0.2) is 54.6 Å². The van der Waals surface area contributed by atoms with Crippen LogP contribution in [0.5, 0.6) is 5.75 Å². The average molecular weight is 359 g/mol. The van der Waals surface area contributed by atoms with Gasteiger partial charge in [-0.3, -0.25) is 4.79 Å². The second kappa shape index (κ2) is 7.19. The number of hydrogen-bond donors (Lipinski definition) is 1. The summed E-state index contributed by atoms with van der Waals surface area (Å²) in [6, 6.07) is 17.7. The number of anilines is 2. The van der Waals surface area contributed by atoms with Crippen LogP contribution in [0.2, 0.25) is 0 Å². The Bertz CT molecular complexity index is 969. The van der Waals surface area contributed by atoms with Crippen molar-refractivity contribution in [2.75, 3.05) is 12.4 Å². The second-order valence-corrected chi connectivity index (χ2v) is 6.75. The number of nitrogens with one attached hydrogen (secondary N) is 1. The lowest BCUT2D eigenvalue weighted by atomic mass is 9.81. The van der Waals surface area contributed by atoms with Gasteiger partial charge < -0.3 is 10.1 Å². The smallest absolute Gasteiger partial charge is 0.227 e. The number of Topliss-reactive ketones (excluding diaryl/α,β-unsaturated/α-hetero) is 1. The van der Waals surface area contributed by atoms with E-state index >= 15 is 0 Å². The first-order valence-electron chi connectivity index (χ1n) is 9.01. The third-order valence-corrected chi connectivity index (χ3v) is 4.93. The van der Waals surface area contributed by atoms with Gasteiger partial charge in [0.15, 0.2) is 5.78 Å². The summed E-state index contributed by atoms with van der Waals surface area (Å²) in [5, 5.41) is 3.23. The van der Waals surface area contributed by atoms with Crippen LogP contribution in [0.1, 0.15) is 39.6 Å². The molecule has 0 saturated heterocycles. The lowest BCUT2D eigenvalue weighted by Gasteiger charge is -2.24. The fourth-order valence-electron chi connectivity index (χ4n) is 3.59. The maximum Gasteiger partial charge on any atom is 0.227 e. The Morgan fingerprint density at radius 2 is 1.74 bits per heavy atom. The Labute approximate surface area is 158 Å². The highest BCUT2D eigenvalue weighted by Gasteiger charge is 2.30. The van der Waals surface area contributed by atoms with Crippen LogP contribution in [0, 0.1) is 6.92 Å². The van der Waals surface area contributed by atoms with Crippen molar-refractivity contribution in [3.63, 3.8) is 0 Å². The fourth-order valence-corrected chi connectivity index (χ4v) is 3.59. The van der Waals surface area contributed by atoms with Gasteiger partial charge >= 0.3 is 0 Å². The molecule has 2 aromatic carbocycles. The van der Waals surface area contributed by atoms with Gasteiger partial charge in [-0.2, -0.15) is 0 Å². The summed E-state index contributed by atoms with van der Waals surface area (Å²) in [4.78, 5) is 21.9. The van der Waals surface area contributed by atoms with Crippen LogP contribution in [0.4, 0.5) is 11.6 Å². The molecule has 0 amide bonds. The van der Waals surface area contributed by atoms with Crippen molar-refractivity contribution in [3.8, 4) is 5.75 Å². The van der Waals surface area contributed by atoms with Crippen LogP contribution < -0.4 is 10.1 Å². The number of rotatable bonds is 4. The zero-order valence-corrected chi connectivity index (χ0v) is 15.4.